The maximum atomic E-state index is 11.7. The quantitative estimate of drug-likeness (QED) is 0.665. The van der Waals surface area contributed by atoms with Crippen molar-refractivity contribution >= 4 is 11.6 Å². The smallest absolute Gasteiger partial charge is 0.224 e. The molecule has 0 saturated carbocycles. The summed E-state index contributed by atoms with van der Waals surface area (Å²) >= 11 is 0. The fourth-order valence-electron chi connectivity index (χ4n) is 3.19. The molecule has 0 aromatic heterocycles. The number of ether oxygens (including phenoxy) is 2. The normalized spacial score (nSPS) is 14.7. The van der Waals surface area contributed by atoms with Gasteiger partial charge in [-0.2, -0.15) is 0 Å². The van der Waals surface area contributed by atoms with Crippen molar-refractivity contribution < 1.29 is 14.3 Å². The molecule has 28 heavy (non-hydrogen) atoms. The number of hydrogen-bond acceptors (Lipinski definition) is 4. The topological polar surface area (TPSA) is 50.8 Å². The lowest BCUT2D eigenvalue weighted by atomic mass is 10.1. The number of benzene rings is 2. The van der Waals surface area contributed by atoms with Crippen LogP contribution in [-0.4, -0.2) is 31.7 Å². The minimum atomic E-state index is -0.0413. The number of anilines is 1. The van der Waals surface area contributed by atoms with Gasteiger partial charge in [-0.3, -0.25) is 4.79 Å². The van der Waals surface area contributed by atoms with Crippen molar-refractivity contribution in [3.8, 4) is 11.5 Å². The Hall–Kier alpha value is -2.95. The molecule has 5 nitrogen and oxygen atoms in total. The number of carbonyl (C=O) groups is 1. The van der Waals surface area contributed by atoms with Gasteiger partial charge in [-0.15, -0.1) is 6.58 Å². The number of carbonyl (C=O) groups excluding carboxylic acids is 1. The molecule has 0 aliphatic carbocycles. The summed E-state index contributed by atoms with van der Waals surface area (Å²) in [6, 6.07) is 16.0. The van der Waals surface area contributed by atoms with Gasteiger partial charge in [-0.1, -0.05) is 18.2 Å². The lowest BCUT2D eigenvalue weighted by molar-refractivity contribution is -0.120. The average Bonchev–Trinajstić information content (AvgIpc) is 2.66. The Labute approximate surface area is 167 Å². The summed E-state index contributed by atoms with van der Waals surface area (Å²) in [6.07, 6.45) is 2.12. The summed E-state index contributed by atoms with van der Waals surface area (Å²) in [4.78, 5) is 13.9. The Balaban J connectivity index is 1.46. The maximum Gasteiger partial charge on any atom is 0.224 e. The molecule has 1 atom stereocenters. The standard InChI is InChI=1S/C23H28N2O3/c1-4-6-23(26)24-17(3)18-7-11-21(12-8-18)28-22-15-25(16-22)19-9-13-20(14-10-19)27-5-2/h4,7-14,17,22H,1,5-6,15-16H2,2-3H3,(H,24,26)/t17-/m0/s1. The molecule has 1 aliphatic heterocycles. The predicted molar refractivity (Wildman–Crippen MR) is 112 cm³/mol. The molecule has 2 aromatic carbocycles. The van der Waals surface area contributed by atoms with Gasteiger partial charge in [-0.05, 0) is 55.8 Å². The van der Waals surface area contributed by atoms with E-state index in [0.29, 0.717) is 13.0 Å². The number of hydrogen-bond donors (Lipinski definition) is 1. The van der Waals surface area contributed by atoms with Crippen LogP contribution in [0.25, 0.3) is 0 Å². The fraction of sp³-hybridized carbons (Fsp3) is 0.348. The summed E-state index contributed by atoms with van der Waals surface area (Å²) in [5, 5.41) is 2.95. The summed E-state index contributed by atoms with van der Waals surface area (Å²) in [7, 11) is 0. The molecular formula is C23H28N2O3. The van der Waals surface area contributed by atoms with Gasteiger partial charge < -0.3 is 19.7 Å². The van der Waals surface area contributed by atoms with E-state index in [0.717, 1.165) is 30.2 Å². The van der Waals surface area contributed by atoms with Crippen molar-refractivity contribution in [2.45, 2.75) is 32.4 Å². The van der Waals surface area contributed by atoms with Crippen LogP contribution in [0.5, 0.6) is 11.5 Å². The third-order valence-electron chi connectivity index (χ3n) is 4.75. The minimum Gasteiger partial charge on any atom is -0.494 e. The second-order valence-corrected chi connectivity index (χ2v) is 6.92. The minimum absolute atomic E-state index is 0.0216. The van der Waals surface area contributed by atoms with Gasteiger partial charge in [0, 0.05) is 12.1 Å². The van der Waals surface area contributed by atoms with Crippen LogP contribution >= 0.6 is 0 Å². The molecular weight excluding hydrogens is 352 g/mol. The molecule has 0 unspecified atom stereocenters. The van der Waals surface area contributed by atoms with Crippen LogP contribution in [0.2, 0.25) is 0 Å². The van der Waals surface area contributed by atoms with Crippen LogP contribution < -0.4 is 19.7 Å². The van der Waals surface area contributed by atoms with Crippen LogP contribution in [-0.2, 0) is 4.79 Å². The second-order valence-electron chi connectivity index (χ2n) is 6.92. The number of nitrogens with one attached hydrogen (secondary N) is 1. The lowest BCUT2D eigenvalue weighted by Gasteiger charge is -2.40. The average molecular weight is 380 g/mol. The zero-order valence-electron chi connectivity index (χ0n) is 16.6. The van der Waals surface area contributed by atoms with E-state index in [-0.39, 0.29) is 18.1 Å². The van der Waals surface area contributed by atoms with E-state index < -0.39 is 0 Å². The fourth-order valence-corrected chi connectivity index (χ4v) is 3.19. The van der Waals surface area contributed by atoms with Gasteiger partial charge in [0.2, 0.25) is 5.91 Å². The largest absolute Gasteiger partial charge is 0.494 e. The van der Waals surface area contributed by atoms with E-state index in [4.69, 9.17) is 9.47 Å². The first-order chi connectivity index (χ1) is 13.6. The maximum absolute atomic E-state index is 11.7. The lowest BCUT2D eigenvalue weighted by Crippen LogP contribution is -2.54. The highest BCUT2D eigenvalue weighted by Gasteiger charge is 2.28. The molecule has 1 amide bonds. The van der Waals surface area contributed by atoms with Crippen molar-refractivity contribution in [3.05, 3.63) is 66.7 Å². The van der Waals surface area contributed by atoms with Crippen LogP contribution in [0.4, 0.5) is 5.69 Å². The Morgan fingerprint density at radius 2 is 1.82 bits per heavy atom. The molecule has 3 rings (SSSR count). The van der Waals surface area contributed by atoms with Crippen LogP contribution in [0.1, 0.15) is 31.9 Å². The Kier molecular flexibility index (Phi) is 6.58. The number of nitrogens with zero attached hydrogens (tertiary/aromatic N) is 1. The van der Waals surface area contributed by atoms with Crippen molar-refractivity contribution in [2.75, 3.05) is 24.6 Å². The van der Waals surface area contributed by atoms with Crippen molar-refractivity contribution in [3.63, 3.8) is 0 Å². The molecule has 148 valence electrons. The van der Waals surface area contributed by atoms with Crippen LogP contribution in [0.3, 0.4) is 0 Å². The monoisotopic (exact) mass is 380 g/mol. The second kappa shape index (κ2) is 9.31. The highest BCUT2D eigenvalue weighted by Crippen LogP contribution is 2.26. The molecule has 5 heteroatoms. The third kappa shape index (κ3) is 5.06. The van der Waals surface area contributed by atoms with E-state index in [1.165, 1.54) is 5.69 Å². The summed E-state index contributed by atoms with van der Waals surface area (Å²) in [5.74, 6) is 1.73. The van der Waals surface area contributed by atoms with Gasteiger partial charge in [-0.25, -0.2) is 0 Å². The van der Waals surface area contributed by atoms with Gasteiger partial charge in [0.05, 0.1) is 25.7 Å². The molecule has 1 saturated heterocycles. The summed E-state index contributed by atoms with van der Waals surface area (Å²) < 4.78 is 11.5. The molecule has 2 aromatic rings. The van der Waals surface area contributed by atoms with Crippen LogP contribution in [0.15, 0.2) is 61.2 Å². The first-order valence-electron chi connectivity index (χ1n) is 9.73. The van der Waals surface area contributed by atoms with E-state index in [1.54, 1.807) is 6.08 Å². The van der Waals surface area contributed by atoms with Crippen LogP contribution in [0, 0.1) is 0 Å². The number of rotatable bonds is 9. The Morgan fingerprint density at radius 1 is 1.18 bits per heavy atom. The highest BCUT2D eigenvalue weighted by molar-refractivity contribution is 5.77. The molecule has 1 aliphatic rings. The van der Waals surface area contributed by atoms with E-state index in [2.05, 4.69) is 28.9 Å². The molecule has 0 spiro atoms. The molecule has 0 bridgehead atoms. The van der Waals surface area contributed by atoms with Gasteiger partial charge >= 0.3 is 0 Å². The molecule has 1 fully saturated rings. The Bertz CT molecular complexity index is 780. The SMILES string of the molecule is C=CCC(=O)N[C@@H](C)c1ccc(OC2CN(c3ccc(OCC)cc3)C2)cc1. The first kappa shape index (κ1) is 19.8. The van der Waals surface area contributed by atoms with E-state index >= 15 is 0 Å². The summed E-state index contributed by atoms with van der Waals surface area (Å²) in [6.45, 7) is 9.94. The Morgan fingerprint density at radius 3 is 2.43 bits per heavy atom. The number of amides is 1. The predicted octanol–water partition coefficient (Wildman–Crippen LogP) is 4.11. The highest BCUT2D eigenvalue weighted by atomic mass is 16.5. The van der Waals surface area contributed by atoms with Crippen molar-refractivity contribution in [2.24, 2.45) is 0 Å². The van der Waals surface area contributed by atoms with Gasteiger partial charge in [0.15, 0.2) is 0 Å². The van der Waals surface area contributed by atoms with Crippen molar-refractivity contribution in [1.29, 1.82) is 0 Å². The van der Waals surface area contributed by atoms with Gasteiger partial charge in [0.1, 0.15) is 17.6 Å². The zero-order chi connectivity index (χ0) is 19.9. The molecule has 1 heterocycles. The molecule has 0 radical (unpaired) electrons. The molecule has 1 N–H and O–H groups in total. The third-order valence-corrected chi connectivity index (χ3v) is 4.75. The van der Waals surface area contributed by atoms with E-state index in [9.17, 15) is 4.79 Å². The zero-order valence-corrected chi connectivity index (χ0v) is 16.6. The first-order valence-corrected chi connectivity index (χ1v) is 9.73. The van der Waals surface area contributed by atoms with E-state index in [1.807, 2.05) is 50.2 Å². The van der Waals surface area contributed by atoms with Crippen molar-refractivity contribution in [1.82, 2.24) is 5.32 Å². The summed E-state index contributed by atoms with van der Waals surface area (Å²) in [5.41, 5.74) is 2.23. The van der Waals surface area contributed by atoms with Gasteiger partial charge in [0.25, 0.3) is 0 Å².